The lowest BCUT2D eigenvalue weighted by atomic mass is 9.86. The van der Waals surface area contributed by atoms with Gasteiger partial charge in [0.05, 0.1) is 5.69 Å². The maximum Gasteiger partial charge on any atom is 0.438 e. The van der Waals surface area contributed by atoms with Crippen LogP contribution in [0.1, 0.15) is 59.4 Å². The van der Waals surface area contributed by atoms with Crippen LogP contribution >= 0.6 is 0 Å². The van der Waals surface area contributed by atoms with E-state index in [1.807, 2.05) is 0 Å². The van der Waals surface area contributed by atoms with Gasteiger partial charge in [-0.25, -0.2) is 9.97 Å². The molecule has 0 aliphatic carbocycles. The zero-order valence-corrected chi connectivity index (χ0v) is 16.3. The standard InChI is InChI=1S/C17H22F6N4O/c1-13(2,3)9-7-10(16(18,19)20)25-12(24-9)27-15(28,17(21,22)23)8-11(26-27)14(4,5)6/h7,28H,8H2,1-6H3. The molecule has 158 valence electrons. The summed E-state index contributed by atoms with van der Waals surface area (Å²) in [6, 6.07) is 0.681. The van der Waals surface area contributed by atoms with Crippen LogP contribution in [-0.2, 0) is 11.6 Å². The molecule has 1 aliphatic rings. The summed E-state index contributed by atoms with van der Waals surface area (Å²) in [4.78, 5) is 7.12. The van der Waals surface area contributed by atoms with Crippen LogP contribution in [0.15, 0.2) is 11.2 Å². The van der Waals surface area contributed by atoms with Crippen molar-refractivity contribution in [1.82, 2.24) is 9.97 Å². The molecule has 0 spiro atoms. The molecule has 0 radical (unpaired) electrons. The van der Waals surface area contributed by atoms with E-state index < -0.39 is 47.0 Å². The van der Waals surface area contributed by atoms with Crippen LogP contribution in [0.4, 0.5) is 32.3 Å². The van der Waals surface area contributed by atoms with Crippen LogP contribution in [-0.4, -0.2) is 32.7 Å². The highest BCUT2D eigenvalue weighted by Crippen LogP contribution is 2.45. The fourth-order valence-corrected chi connectivity index (χ4v) is 2.45. The summed E-state index contributed by atoms with van der Waals surface area (Å²) in [5, 5.41) is 14.2. The highest BCUT2D eigenvalue weighted by molar-refractivity contribution is 5.93. The quantitative estimate of drug-likeness (QED) is 0.682. The fourth-order valence-electron chi connectivity index (χ4n) is 2.45. The van der Waals surface area contributed by atoms with E-state index in [0.29, 0.717) is 6.07 Å². The second-order valence-electron chi connectivity index (χ2n) is 8.79. The van der Waals surface area contributed by atoms with Crippen LogP contribution < -0.4 is 5.01 Å². The van der Waals surface area contributed by atoms with Crippen molar-refractivity contribution in [1.29, 1.82) is 0 Å². The van der Waals surface area contributed by atoms with E-state index in [2.05, 4.69) is 15.1 Å². The van der Waals surface area contributed by atoms with Crippen LogP contribution in [0.25, 0.3) is 0 Å². The smallest absolute Gasteiger partial charge is 0.362 e. The Morgan fingerprint density at radius 3 is 1.79 bits per heavy atom. The first kappa shape index (κ1) is 22.4. The molecule has 0 amide bonds. The van der Waals surface area contributed by atoms with Gasteiger partial charge in [-0.1, -0.05) is 41.5 Å². The molecule has 0 saturated heterocycles. The largest absolute Gasteiger partial charge is 0.438 e. The van der Waals surface area contributed by atoms with Crippen LogP contribution in [0.3, 0.4) is 0 Å². The number of nitrogens with zero attached hydrogens (tertiary/aromatic N) is 4. The van der Waals surface area contributed by atoms with Crippen LogP contribution in [0.5, 0.6) is 0 Å². The summed E-state index contributed by atoms with van der Waals surface area (Å²) in [6.07, 6.45) is -11.0. The van der Waals surface area contributed by atoms with E-state index in [1.165, 1.54) is 0 Å². The van der Waals surface area contributed by atoms with Gasteiger partial charge in [-0.3, -0.25) is 0 Å². The van der Waals surface area contributed by atoms with Crippen molar-refractivity contribution >= 4 is 11.7 Å². The summed E-state index contributed by atoms with van der Waals surface area (Å²) in [5.74, 6) is -0.959. The van der Waals surface area contributed by atoms with Crippen molar-refractivity contribution in [2.24, 2.45) is 10.5 Å². The van der Waals surface area contributed by atoms with E-state index in [-0.39, 0.29) is 16.4 Å². The van der Waals surface area contributed by atoms with E-state index in [1.54, 1.807) is 41.5 Å². The predicted molar refractivity (Wildman–Crippen MR) is 90.7 cm³/mol. The Labute approximate surface area is 158 Å². The van der Waals surface area contributed by atoms with Gasteiger partial charge in [0.1, 0.15) is 5.69 Å². The minimum Gasteiger partial charge on any atom is -0.362 e. The second-order valence-corrected chi connectivity index (χ2v) is 8.79. The molecule has 5 nitrogen and oxygen atoms in total. The number of rotatable bonds is 1. The number of alkyl halides is 6. The molecular weight excluding hydrogens is 390 g/mol. The Morgan fingerprint density at radius 1 is 0.893 bits per heavy atom. The third-order valence-corrected chi connectivity index (χ3v) is 4.27. The molecule has 0 aromatic carbocycles. The van der Waals surface area contributed by atoms with Gasteiger partial charge in [-0.2, -0.15) is 36.5 Å². The van der Waals surface area contributed by atoms with Gasteiger partial charge in [0, 0.05) is 23.0 Å². The highest BCUT2D eigenvalue weighted by atomic mass is 19.4. The van der Waals surface area contributed by atoms with Crippen molar-refractivity contribution in [2.75, 3.05) is 5.01 Å². The molecule has 28 heavy (non-hydrogen) atoms. The molecule has 1 unspecified atom stereocenters. The molecule has 2 rings (SSSR count). The average Bonchev–Trinajstić information content (AvgIpc) is 2.84. The number of aliphatic hydroxyl groups is 1. The fraction of sp³-hybridized carbons (Fsp3) is 0.706. The van der Waals surface area contributed by atoms with Crippen molar-refractivity contribution in [3.05, 3.63) is 17.5 Å². The average molecular weight is 412 g/mol. The lowest BCUT2D eigenvalue weighted by Crippen LogP contribution is -2.56. The molecule has 1 aliphatic heterocycles. The Hall–Kier alpha value is -1.91. The Morgan fingerprint density at radius 2 is 1.39 bits per heavy atom. The maximum atomic E-state index is 13.7. The summed E-state index contributed by atoms with van der Waals surface area (Å²) in [6.45, 7) is 9.42. The molecule has 1 aromatic rings. The Bertz CT molecular complexity index is 757. The first-order valence-electron chi connectivity index (χ1n) is 8.41. The van der Waals surface area contributed by atoms with Gasteiger partial charge >= 0.3 is 12.4 Å². The van der Waals surface area contributed by atoms with E-state index in [0.717, 1.165) is 0 Å². The predicted octanol–water partition coefficient (Wildman–Crippen LogP) is 4.66. The zero-order chi connectivity index (χ0) is 21.9. The second kappa shape index (κ2) is 6.30. The summed E-state index contributed by atoms with van der Waals surface area (Å²) >= 11 is 0. The van der Waals surface area contributed by atoms with Crippen LogP contribution in [0.2, 0.25) is 0 Å². The van der Waals surface area contributed by atoms with Crippen molar-refractivity contribution in [3.8, 4) is 0 Å². The SMILES string of the molecule is CC(C)(C)C1=NN(c2nc(C(C)(C)C)cc(C(F)(F)F)n2)C(O)(C(F)(F)F)C1. The molecular formula is C17H22F6N4O. The third-order valence-electron chi connectivity index (χ3n) is 4.27. The number of anilines is 1. The van der Waals surface area contributed by atoms with Crippen molar-refractivity contribution in [2.45, 2.75) is 71.5 Å². The molecule has 2 heterocycles. The van der Waals surface area contributed by atoms with Crippen molar-refractivity contribution < 1.29 is 31.4 Å². The third kappa shape index (κ3) is 4.08. The lowest BCUT2D eigenvalue weighted by molar-refractivity contribution is -0.254. The maximum absolute atomic E-state index is 13.7. The van der Waals surface area contributed by atoms with Crippen molar-refractivity contribution in [3.63, 3.8) is 0 Å². The van der Waals surface area contributed by atoms with Gasteiger partial charge in [-0.15, -0.1) is 0 Å². The Balaban J connectivity index is 2.76. The van der Waals surface area contributed by atoms with Gasteiger partial charge in [0.2, 0.25) is 5.95 Å². The monoisotopic (exact) mass is 412 g/mol. The van der Waals surface area contributed by atoms with Gasteiger partial charge in [-0.05, 0) is 6.07 Å². The summed E-state index contributed by atoms with van der Waals surface area (Å²) < 4.78 is 80.9. The van der Waals surface area contributed by atoms with Gasteiger partial charge in [0.15, 0.2) is 0 Å². The van der Waals surface area contributed by atoms with E-state index >= 15 is 0 Å². The minimum absolute atomic E-state index is 0.0364. The topological polar surface area (TPSA) is 61.6 Å². The van der Waals surface area contributed by atoms with Gasteiger partial charge < -0.3 is 5.11 Å². The molecule has 0 fully saturated rings. The highest BCUT2D eigenvalue weighted by Gasteiger charge is 2.63. The number of hydrazone groups is 1. The van der Waals surface area contributed by atoms with E-state index in [4.69, 9.17) is 0 Å². The van der Waals surface area contributed by atoms with Crippen LogP contribution in [0, 0.1) is 5.41 Å². The normalized spacial score (nSPS) is 21.9. The van der Waals surface area contributed by atoms with Gasteiger partial charge in [0.25, 0.3) is 5.72 Å². The first-order valence-corrected chi connectivity index (χ1v) is 8.41. The summed E-state index contributed by atoms with van der Waals surface area (Å²) in [5.41, 5.74) is -6.90. The first-order chi connectivity index (χ1) is 12.3. The molecule has 11 heteroatoms. The number of hydrogen-bond acceptors (Lipinski definition) is 5. The molecule has 1 N–H and O–H groups in total. The zero-order valence-electron chi connectivity index (χ0n) is 16.3. The minimum atomic E-state index is -5.21. The number of hydrogen-bond donors (Lipinski definition) is 1. The van der Waals surface area contributed by atoms with E-state index in [9.17, 15) is 31.4 Å². The molecule has 1 atom stereocenters. The number of aromatic nitrogens is 2. The molecule has 0 saturated carbocycles. The summed E-state index contributed by atoms with van der Waals surface area (Å²) in [7, 11) is 0. The molecule has 1 aromatic heterocycles. The number of halogens is 6. The molecule has 0 bridgehead atoms. The Kier molecular flexibility index (Phi) is 5.03. The lowest BCUT2D eigenvalue weighted by Gasteiger charge is -2.33.